The maximum atomic E-state index is 13.3. The van der Waals surface area contributed by atoms with Gasteiger partial charge in [-0.05, 0) is 66.4 Å². The van der Waals surface area contributed by atoms with Crippen molar-refractivity contribution in [3.8, 4) is 11.3 Å². The zero-order chi connectivity index (χ0) is 29.5. The molecule has 0 aliphatic carbocycles. The number of nitrogens with zero attached hydrogens (tertiary/aromatic N) is 6. The summed E-state index contributed by atoms with van der Waals surface area (Å²) in [5.74, 6) is 0.0666. The Balaban J connectivity index is 0.000000830. The van der Waals surface area contributed by atoms with Crippen LogP contribution in [-0.4, -0.2) is 91.3 Å². The summed E-state index contributed by atoms with van der Waals surface area (Å²) in [5.41, 5.74) is 7.60. The van der Waals surface area contributed by atoms with E-state index < -0.39 is 6.09 Å². The molecule has 6 rings (SSSR count). The van der Waals surface area contributed by atoms with Crippen molar-refractivity contribution in [3.05, 3.63) is 60.4 Å². The van der Waals surface area contributed by atoms with E-state index in [0.717, 1.165) is 54.3 Å². The number of ether oxygens (including phenoxy) is 1. The first-order valence-electron chi connectivity index (χ1n) is 12.8. The van der Waals surface area contributed by atoms with Crippen LogP contribution in [0.15, 0.2) is 64.6 Å². The minimum absolute atomic E-state index is 0.299. The lowest BCUT2D eigenvalue weighted by molar-refractivity contribution is 0.0388. The second kappa shape index (κ2) is 13.2. The lowest BCUT2D eigenvalue weighted by atomic mass is 10.1. The molecule has 0 atom stereocenters. The van der Waals surface area contributed by atoms with E-state index in [0.29, 0.717) is 29.0 Å². The molecule has 1 aliphatic heterocycles. The van der Waals surface area contributed by atoms with E-state index >= 15 is 0 Å². The van der Waals surface area contributed by atoms with E-state index in [4.69, 9.17) is 14.6 Å². The van der Waals surface area contributed by atoms with E-state index in [1.807, 2.05) is 30.3 Å². The normalized spacial score (nSPS) is 13.5. The predicted molar refractivity (Wildman–Crippen MR) is 153 cm³/mol. The molecule has 6 N–H and O–H groups in total. The number of aromatic nitrogens is 6. The number of urea groups is 1. The van der Waals surface area contributed by atoms with Crippen molar-refractivity contribution >= 4 is 46.5 Å². The number of carbonyl (C=O) groups is 2. The molecule has 1 aliphatic rings. The molecule has 42 heavy (non-hydrogen) atoms. The van der Waals surface area contributed by atoms with E-state index in [-0.39, 0.29) is 11.8 Å². The Labute approximate surface area is 242 Å². The average Bonchev–Trinajstić information content (AvgIpc) is 3.56. The smallest absolute Gasteiger partial charge is 0.402 e. The molecule has 218 valence electrons. The molecule has 5 aromatic rings. The van der Waals surface area contributed by atoms with Crippen molar-refractivity contribution in [2.24, 2.45) is 5.73 Å². The monoisotopic (exact) mass is 594 g/mol. The lowest BCUT2D eigenvalue weighted by Gasteiger charge is -2.26. The van der Waals surface area contributed by atoms with Crippen molar-refractivity contribution in [2.75, 3.05) is 44.7 Å². The number of hydrogen-bond acceptors (Lipinski definition) is 9. The fourth-order valence-corrected chi connectivity index (χ4v) is 4.95. The number of nitrogens with one attached hydrogen (secondary N) is 3. The van der Waals surface area contributed by atoms with E-state index in [1.54, 1.807) is 16.6 Å². The highest BCUT2D eigenvalue weighted by Gasteiger charge is 2.14. The Kier molecular flexibility index (Phi) is 9.05. The van der Waals surface area contributed by atoms with Crippen molar-refractivity contribution in [1.82, 2.24) is 40.0 Å². The third kappa shape index (κ3) is 7.48. The van der Waals surface area contributed by atoms with Crippen LogP contribution in [0.25, 0.3) is 27.9 Å². The van der Waals surface area contributed by atoms with Crippen LogP contribution in [0.3, 0.4) is 0 Å². The molecule has 3 aromatic heterocycles. The zero-order valence-electron chi connectivity index (χ0n) is 22.2. The fraction of sp³-hybridized carbons (Fsp3) is 0.231. The minimum Gasteiger partial charge on any atom is -0.465 e. The first kappa shape index (κ1) is 28.7. The minimum atomic E-state index is -1.33. The number of nitrogens with two attached hydrogens (primary N) is 1. The molecular formula is C26H27FN10O4S. The van der Waals surface area contributed by atoms with Crippen LogP contribution in [-0.2, 0) is 4.74 Å². The summed E-state index contributed by atoms with van der Waals surface area (Å²) in [6, 6.07) is 15.2. The summed E-state index contributed by atoms with van der Waals surface area (Å²) in [5, 5.41) is 26.5. The Hall–Kier alpha value is -4.80. The third-order valence-electron chi connectivity index (χ3n) is 6.09. The highest BCUT2D eigenvalue weighted by Crippen LogP contribution is 2.29. The van der Waals surface area contributed by atoms with Crippen LogP contribution in [0.2, 0.25) is 0 Å². The van der Waals surface area contributed by atoms with Gasteiger partial charge in [-0.1, -0.05) is 0 Å². The Morgan fingerprint density at radius 3 is 2.62 bits per heavy atom. The van der Waals surface area contributed by atoms with Crippen LogP contribution in [0.1, 0.15) is 0 Å². The molecule has 14 nitrogen and oxygen atoms in total. The largest absolute Gasteiger partial charge is 0.465 e. The van der Waals surface area contributed by atoms with E-state index in [2.05, 4.69) is 46.5 Å². The number of carbonyl (C=O) groups excluding carboxylic acids is 1. The molecular weight excluding hydrogens is 567 g/mol. The number of amides is 3. The number of imidazole rings is 1. The van der Waals surface area contributed by atoms with Gasteiger partial charge in [-0.2, -0.15) is 9.61 Å². The summed E-state index contributed by atoms with van der Waals surface area (Å²) >= 11 is 1.40. The number of benzene rings is 2. The summed E-state index contributed by atoms with van der Waals surface area (Å²) in [7, 11) is 0. The molecule has 0 saturated carbocycles. The number of hydrogen-bond donors (Lipinski definition) is 5. The standard InChI is InChI=1S/C25H24FN9O2S.CH3NO2/c26-17-3-1-16(2-4-17)19-7-8-22-31-32-25(35(22)33-19)38-18-5-6-20-21(15-18)29-23(28-20)30-24(36)27-9-10-34-11-13-37-14-12-34;2-1(3)4/h1-8,15H,9-14H2,(H3,27,28,29,30,36);2H2,(H,3,4). The molecule has 4 heterocycles. The lowest BCUT2D eigenvalue weighted by Crippen LogP contribution is -2.42. The molecule has 16 heteroatoms. The van der Waals surface area contributed by atoms with Crippen LogP contribution in [0, 0.1) is 5.82 Å². The fourth-order valence-electron chi connectivity index (χ4n) is 4.13. The molecule has 3 amide bonds. The third-order valence-corrected chi connectivity index (χ3v) is 7.01. The van der Waals surface area contributed by atoms with Crippen LogP contribution in [0.4, 0.5) is 19.9 Å². The maximum Gasteiger partial charge on any atom is 0.402 e. The number of halogens is 1. The summed E-state index contributed by atoms with van der Waals surface area (Å²) in [6.07, 6.45) is -1.33. The second-order valence-electron chi connectivity index (χ2n) is 9.02. The van der Waals surface area contributed by atoms with Gasteiger partial charge in [0.2, 0.25) is 11.1 Å². The van der Waals surface area contributed by atoms with Crippen LogP contribution >= 0.6 is 11.8 Å². The molecule has 0 radical (unpaired) electrons. The highest BCUT2D eigenvalue weighted by atomic mass is 32.2. The molecule has 1 saturated heterocycles. The van der Waals surface area contributed by atoms with Gasteiger partial charge in [0.25, 0.3) is 0 Å². The van der Waals surface area contributed by atoms with Crippen LogP contribution < -0.4 is 16.4 Å². The number of rotatable bonds is 7. The first-order valence-corrected chi connectivity index (χ1v) is 13.6. The maximum absolute atomic E-state index is 13.3. The topological polar surface area (TPSA) is 189 Å². The van der Waals surface area contributed by atoms with Crippen molar-refractivity contribution in [1.29, 1.82) is 0 Å². The number of primary amides is 1. The Bertz CT molecular complexity index is 1680. The number of aromatic amines is 1. The van der Waals surface area contributed by atoms with Gasteiger partial charge in [0.15, 0.2) is 5.65 Å². The summed E-state index contributed by atoms with van der Waals surface area (Å²) < 4.78 is 20.3. The Morgan fingerprint density at radius 1 is 1.10 bits per heavy atom. The van der Waals surface area contributed by atoms with Gasteiger partial charge in [0.05, 0.1) is 29.9 Å². The van der Waals surface area contributed by atoms with Gasteiger partial charge < -0.3 is 25.9 Å². The summed E-state index contributed by atoms with van der Waals surface area (Å²) in [4.78, 5) is 31.8. The quantitative estimate of drug-likeness (QED) is 0.187. The van der Waals surface area contributed by atoms with E-state index in [9.17, 15) is 9.18 Å². The SMILES string of the molecule is NC(=O)O.O=C(NCCN1CCOCC1)Nc1nc2ccc(Sc3nnc4ccc(-c5ccc(F)cc5)nn34)cc2[nH]1. The number of anilines is 1. The van der Waals surface area contributed by atoms with Gasteiger partial charge in [0, 0.05) is 36.6 Å². The Morgan fingerprint density at radius 2 is 1.86 bits per heavy atom. The zero-order valence-corrected chi connectivity index (χ0v) is 23.0. The van der Waals surface area contributed by atoms with E-state index in [1.165, 1.54) is 23.9 Å². The van der Waals surface area contributed by atoms with Crippen LogP contribution in [0.5, 0.6) is 0 Å². The first-order chi connectivity index (χ1) is 20.3. The number of morpholine rings is 1. The van der Waals surface area contributed by atoms with Gasteiger partial charge in [0.1, 0.15) is 5.82 Å². The van der Waals surface area contributed by atoms with Gasteiger partial charge in [-0.25, -0.2) is 19.0 Å². The predicted octanol–water partition coefficient (Wildman–Crippen LogP) is 3.03. The second-order valence-corrected chi connectivity index (χ2v) is 10.1. The molecule has 0 unspecified atom stereocenters. The van der Waals surface area contributed by atoms with Gasteiger partial charge >= 0.3 is 12.1 Å². The van der Waals surface area contributed by atoms with Crippen molar-refractivity contribution in [2.45, 2.75) is 10.1 Å². The molecule has 2 aromatic carbocycles. The number of H-pyrrole nitrogens is 1. The van der Waals surface area contributed by atoms with Gasteiger partial charge in [-0.3, -0.25) is 10.2 Å². The molecule has 1 fully saturated rings. The highest BCUT2D eigenvalue weighted by molar-refractivity contribution is 7.99. The summed E-state index contributed by atoms with van der Waals surface area (Å²) in [6.45, 7) is 4.52. The molecule has 0 bridgehead atoms. The molecule has 0 spiro atoms. The van der Waals surface area contributed by atoms with Crippen molar-refractivity contribution in [3.63, 3.8) is 0 Å². The van der Waals surface area contributed by atoms with Gasteiger partial charge in [-0.15, -0.1) is 10.2 Å². The average molecular weight is 595 g/mol. The number of carboxylic acid groups (broad SMARTS) is 1. The number of fused-ring (bicyclic) bond motifs is 2. The van der Waals surface area contributed by atoms with Crippen molar-refractivity contribution < 1.29 is 23.8 Å².